The molecule has 0 spiro atoms. The number of hydrogen-bond donors (Lipinski definition) is 3. The molecular formula is C14H18Cl2N4O. The molecule has 114 valence electrons. The van der Waals surface area contributed by atoms with Crippen LogP contribution in [0.3, 0.4) is 0 Å². The molecule has 21 heavy (non-hydrogen) atoms. The Morgan fingerprint density at radius 1 is 1.38 bits per heavy atom. The Kier molecular flexibility index (Phi) is 5.20. The van der Waals surface area contributed by atoms with Gasteiger partial charge in [-0.15, -0.1) is 0 Å². The van der Waals surface area contributed by atoms with Gasteiger partial charge in [0.05, 0.1) is 15.7 Å². The monoisotopic (exact) mass is 328 g/mol. The molecule has 2 amide bonds. The SMILES string of the molecule is CC(C)NC(=O)N(Nc1cccc(Cl)c1Cl)C1=CCCN1. The molecule has 7 heteroatoms. The molecule has 3 N–H and O–H groups in total. The second-order valence-corrected chi connectivity index (χ2v) is 5.74. The summed E-state index contributed by atoms with van der Waals surface area (Å²) in [5.74, 6) is 0.698. The first-order chi connectivity index (χ1) is 9.99. The molecule has 1 aliphatic heterocycles. The number of rotatable bonds is 4. The maximum atomic E-state index is 12.3. The van der Waals surface area contributed by atoms with Crippen LogP contribution in [0.2, 0.25) is 10.0 Å². The summed E-state index contributed by atoms with van der Waals surface area (Å²) in [6.07, 6.45) is 2.82. The third-order valence-electron chi connectivity index (χ3n) is 2.83. The Morgan fingerprint density at radius 3 is 2.76 bits per heavy atom. The van der Waals surface area contributed by atoms with E-state index in [2.05, 4.69) is 16.1 Å². The van der Waals surface area contributed by atoms with Gasteiger partial charge in [0, 0.05) is 12.6 Å². The van der Waals surface area contributed by atoms with Crippen LogP contribution in [0, 0.1) is 0 Å². The van der Waals surface area contributed by atoms with E-state index in [4.69, 9.17) is 23.2 Å². The molecule has 0 aliphatic carbocycles. The number of hydrogen-bond acceptors (Lipinski definition) is 3. The third kappa shape index (κ3) is 3.95. The number of carbonyl (C=O) groups is 1. The lowest BCUT2D eigenvalue weighted by Crippen LogP contribution is -2.47. The standard InChI is InChI=1S/C14H18Cl2N4O/c1-9(2)18-14(21)20(12-7-4-8-17-12)19-11-6-3-5-10(15)13(11)16/h3,5-7,9,17,19H,4,8H2,1-2H3,(H,18,21). The van der Waals surface area contributed by atoms with Crippen LogP contribution in [0.1, 0.15) is 20.3 Å². The van der Waals surface area contributed by atoms with Gasteiger partial charge in [-0.3, -0.25) is 5.43 Å². The van der Waals surface area contributed by atoms with Crippen LogP contribution in [0.5, 0.6) is 0 Å². The van der Waals surface area contributed by atoms with Crippen molar-refractivity contribution in [1.29, 1.82) is 0 Å². The van der Waals surface area contributed by atoms with Crippen molar-refractivity contribution in [3.63, 3.8) is 0 Å². The van der Waals surface area contributed by atoms with Gasteiger partial charge < -0.3 is 10.6 Å². The van der Waals surface area contributed by atoms with Crippen molar-refractivity contribution in [2.24, 2.45) is 0 Å². The van der Waals surface area contributed by atoms with E-state index >= 15 is 0 Å². The van der Waals surface area contributed by atoms with Crippen molar-refractivity contribution in [2.75, 3.05) is 12.0 Å². The average Bonchev–Trinajstić information content (AvgIpc) is 2.93. The number of anilines is 1. The van der Waals surface area contributed by atoms with E-state index in [0.29, 0.717) is 21.6 Å². The lowest BCUT2D eigenvalue weighted by atomic mass is 10.3. The summed E-state index contributed by atoms with van der Waals surface area (Å²) in [6.45, 7) is 4.60. The van der Waals surface area contributed by atoms with Gasteiger partial charge >= 0.3 is 6.03 Å². The molecule has 0 saturated carbocycles. The van der Waals surface area contributed by atoms with E-state index in [-0.39, 0.29) is 12.1 Å². The molecule has 0 saturated heterocycles. The van der Waals surface area contributed by atoms with Crippen molar-refractivity contribution in [3.05, 3.63) is 40.1 Å². The first-order valence-corrected chi connectivity index (χ1v) is 7.50. The first kappa shape index (κ1) is 15.8. The van der Waals surface area contributed by atoms with Crippen LogP contribution < -0.4 is 16.1 Å². The fourth-order valence-corrected chi connectivity index (χ4v) is 2.24. The highest BCUT2D eigenvalue weighted by Crippen LogP contribution is 2.30. The zero-order valence-electron chi connectivity index (χ0n) is 11.9. The van der Waals surface area contributed by atoms with E-state index in [1.165, 1.54) is 5.01 Å². The number of amides is 2. The summed E-state index contributed by atoms with van der Waals surface area (Å²) >= 11 is 12.2. The Labute approximate surface area is 134 Å². The molecule has 0 radical (unpaired) electrons. The van der Waals surface area contributed by atoms with E-state index in [1.54, 1.807) is 18.2 Å². The van der Waals surface area contributed by atoms with Crippen LogP contribution in [-0.4, -0.2) is 23.6 Å². The number of nitrogens with one attached hydrogen (secondary N) is 3. The minimum atomic E-state index is -0.262. The fraction of sp³-hybridized carbons (Fsp3) is 0.357. The maximum absolute atomic E-state index is 12.3. The van der Waals surface area contributed by atoms with Gasteiger partial charge in [0.1, 0.15) is 5.82 Å². The summed E-state index contributed by atoms with van der Waals surface area (Å²) in [5, 5.41) is 8.21. The first-order valence-electron chi connectivity index (χ1n) is 6.74. The van der Waals surface area contributed by atoms with Gasteiger partial charge in [-0.25, -0.2) is 4.79 Å². The Bertz CT molecular complexity index is 560. The zero-order chi connectivity index (χ0) is 15.4. The highest BCUT2D eigenvalue weighted by atomic mass is 35.5. The largest absolute Gasteiger partial charge is 0.370 e. The van der Waals surface area contributed by atoms with Crippen LogP contribution in [-0.2, 0) is 0 Å². The van der Waals surface area contributed by atoms with Crippen molar-refractivity contribution in [3.8, 4) is 0 Å². The highest BCUT2D eigenvalue weighted by molar-refractivity contribution is 6.43. The Morgan fingerprint density at radius 2 is 2.14 bits per heavy atom. The number of urea groups is 1. The van der Waals surface area contributed by atoms with Crippen molar-refractivity contribution < 1.29 is 4.79 Å². The predicted octanol–water partition coefficient (Wildman–Crippen LogP) is 3.58. The van der Waals surface area contributed by atoms with Gasteiger partial charge in [0.2, 0.25) is 0 Å². The van der Waals surface area contributed by atoms with Gasteiger partial charge in [-0.05, 0) is 38.5 Å². The number of hydrazine groups is 1. The quantitative estimate of drug-likeness (QED) is 0.740. The Balaban J connectivity index is 2.23. The van der Waals surface area contributed by atoms with Crippen LogP contribution in [0.15, 0.2) is 30.1 Å². The van der Waals surface area contributed by atoms with Crippen LogP contribution in [0.25, 0.3) is 0 Å². The summed E-state index contributed by atoms with van der Waals surface area (Å²) in [7, 11) is 0. The molecule has 1 aromatic carbocycles. The summed E-state index contributed by atoms with van der Waals surface area (Å²) in [4.78, 5) is 12.3. The van der Waals surface area contributed by atoms with Crippen molar-refractivity contribution in [2.45, 2.75) is 26.3 Å². The molecule has 5 nitrogen and oxygen atoms in total. The second kappa shape index (κ2) is 6.91. The molecule has 1 aliphatic rings. The van der Waals surface area contributed by atoms with E-state index < -0.39 is 0 Å². The Hall–Kier alpha value is -1.59. The number of halogens is 2. The lowest BCUT2D eigenvalue weighted by molar-refractivity contribution is 0.214. The average molecular weight is 329 g/mol. The highest BCUT2D eigenvalue weighted by Gasteiger charge is 2.22. The molecule has 2 rings (SSSR count). The summed E-state index contributed by atoms with van der Waals surface area (Å²) in [5.41, 5.74) is 3.58. The molecule has 1 aromatic rings. The van der Waals surface area contributed by atoms with Crippen LogP contribution in [0.4, 0.5) is 10.5 Å². The smallest absolute Gasteiger partial charge is 0.342 e. The minimum absolute atomic E-state index is 0.0265. The number of benzene rings is 1. The topological polar surface area (TPSA) is 56.4 Å². The van der Waals surface area contributed by atoms with E-state index in [9.17, 15) is 4.79 Å². The molecule has 0 aromatic heterocycles. The normalized spacial score (nSPS) is 13.7. The fourth-order valence-electron chi connectivity index (χ4n) is 1.89. The summed E-state index contributed by atoms with van der Waals surface area (Å²) in [6, 6.07) is 4.99. The van der Waals surface area contributed by atoms with E-state index in [1.807, 2.05) is 19.9 Å². The predicted molar refractivity (Wildman–Crippen MR) is 86.3 cm³/mol. The minimum Gasteiger partial charge on any atom is -0.370 e. The second-order valence-electron chi connectivity index (χ2n) is 4.96. The molecule has 0 bridgehead atoms. The molecule has 1 heterocycles. The van der Waals surface area contributed by atoms with Crippen molar-refractivity contribution >= 4 is 34.9 Å². The van der Waals surface area contributed by atoms with Crippen molar-refractivity contribution in [1.82, 2.24) is 15.6 Å². The summed E-state index contributed by atoms with van der Waals surface area (Å²) < 4.78 is 0. The van der Waals surface area contributed by atoms with E-state index in [0.717, 1.165) is 13.0 Å². The number of carbonyl (C=O) groups excluding carboxylic acids is 1. The maximum Gasteiger partial charge on any atom is 0.342 e. The van der Waals surface area contributed by atoms with Gasteiger partial charge in [-0.2, -0.15) is 5.01 Å². The molecular weight excluding hydrogens is 311 g/mol. The zero-order valence-corrected chi connectivity index (χ0v) is 13.4. The van der Waals surface area contributed by atoms with Gasteiger partial charge in [-0.1, -0.05) is 29.3 Å². The number of nitrogens with zero attached hydrogens (tertiary/aromatic N) is 1. The third-order valence-corrected chi connectivity index (χ3v) is 3.65. The van der Waals surface area contributed by atoms with Gasteiger partial charge in [0.25, 0.3) is 0 Å². The van der Waals surface area contributed by atoms with Gasteiger partial charge in [0.15, 0.2) is 0 Å². The van der Waals surface area contributed by atoms with Crippen LogP contribution >= 0.6 is 23.2 Å². The molecule has 0 unspecified atom stereocenters. The lowest BCUT2D eigenvalue weighted by Gasteiger charge is -2.27. The molecule has 0 fully saturated rings. The molecule has 0 atom stereocenters.